The highest BCUT2D eigenvalue weighted by molar-refractivity contribution is 8.20. The summed E-state index contributed by atoms with van der Waals surface area (Å²) in [7, 11) is 0. The number of hydrogen-bond acceptors (Lipinski definition) is 16. The SMILES string of the molecule is O=C(O)/C=C/C(=O)OC(CSCCC1SCCS1)CSCC1CSC(CSCC(CSCCC2SCCS2)OC(=O)/C=C/C(=O)O)CS1. The monoisotopic (exact) mass is 852 g/mol. The van der Waals surface area contributed by atoms with Gasteiger partial charge in [-0.05, 0) is 24.3 Å². The van der Waals surface area contributed by atoms with Crippen LogP contribution < -0.4 is 0 Å². The Hall–Kier alpha value is 0.860. The van der Waals surface area contributed by atoms with Crippen molar-refractivity contribution in [2.24, 2.45) is 0 Å². The van der Waals surface area contributed by atoms with Crippen LogP contribution in [0.3, 0.4) is 0 Å². The number of hydrogen-bond donors (Lipinski definition) is 2. The fourth-order valence-electron chi connectivity index (χ4n) is 4.29. The Morgan fingerprint density at radius 1 is 0.583 bits per heavy atom. The van der Waals surface area contributed by atoms with Crippen molar-refractivity contribution in [2.45, 2.75) is 44.7 Å². The third-order valence-corrected chi connectivity index (χ3v) is 21.3. The summed E-state index contributed by atoms with van der Waals surface area (Å²) in [5, 5.41) is 18.7. The van der Waals surface area contributed by atoms with Crippen molar-refractivity contribution >= 4 is 141 Å². The quantitative estimate of drug-likeness (QED) is 0.0612. The first kappa shape index (κ1) is 43.3. The highest BCUT2D eigenvalue weighted by atomic mass is 32.2. The maximum Gasteiger partial charge on any atom is 0.331 e. The van der Waals surface area contributed by atoms with E-state index in [9.17, 15) is 19.2 Å². The average molecular weight is 853 g/mol. The first-order valence-corrected chi connectivity index (χ1v) is 26.4. The predicted octanol–water partition coefficient (Wildman–Crippen LogP) is 6.63. The molecule has 48 heavy (non-hydrogen) atoms. The van der Waals surface area contributed by atoms with Gasteiger partial charge in [-0.25, -0.2) is 19.2 Å². The molecule has 0 bridgehead atoms. The van der Waals surface area contributed by atoms with Gasteiger partial charge in [0, 0.05) is 104 Å². The summed E-state index contributed by atoms with van der Waals surface area (Å²) in [5.74, 6) is 10.2. The summed E-state index contributed by atoms with van der Waals surface area (Å²) in [6.45, 7) is 0. The van der Waals surface area contributed by atoms with Crippen LogP contribution in [-0.2, 0) is 28.7 Å². The number of esters is 2. The van der Waals surface area contributed by atoms with Gasteiger partial charge in [-0.1, -0.05) is 0 Å². The molecule has 3 fully saturated rings. The van der Waals surface area contributed by atoms with Crippen molar-refractivity contribution in [1.82, 2.24) is 0 Å². The van der Waals surface area contributed by atoms with Gasteiger partial charge in [-0.3, -0.25) is 0 Å². The number of ether oxygens (including phenoxy) is 2. The van der Waals surface area contributed by atoms with Gasteiger partial charge in [0.15, 0.2) is 0 Å². The van der Waals surface area contributed by atoms with E-state index in [1.54, 1.807) is 47.0 Å². The fraction of sp³-hybridized carbons (Fsp3) is 0.733. The van der Waals surface area contributed by atoms with Crippen LogP contribution in [0.5, 0.6) is 0 Å². The molecule has 8 nitrogen and oxygen atoms in total. The van der Waals surface area contributed by atoms with Crippen LogP contribution in [0.1, 0.15) is 12.8 Å². The van der Waals surface area contributed by atoms with Crippen molar-refractivity contribution in [3.8, 4) is 0 Å². The highest BCUT2D eigenvalue weighted by Gasteiger charge is 2.25. The van der Waals surface area contributed by atoms with Gasteiger partial charge in [0.25, 0.3) is 0 Å². The number of rotatable bonds is 24. The maximum atomic E-state index is 12.2. The summed E-state index contributed by atoms with van der Waals surface area (Å²) in [6, 6.07) is 0. The number of carboxylic acids is 2. The van der Waals surface area contributed by atoms with Crippen LogP contribution in [0.2, 0.25) is 0 Å². The second-order valence-electron chi connectivity index (χ2n) is 10.5. The van der Waals surface area contributed by atoms with Crippen LogP contribution in [-0.4, -0.2) is 147 Å². The Bertz CT molecular complexity index is 951. The van der Waals surface area contributed by atoms with Crippen molar-refractivity contribution in [2.75, 3.05) is 80.5 Å². The number of carbonyl (C=O) groups excluding carboxylic acids is 2. The van der Waals surface area contributed by atoms with Crippen LogP contribution in [0.15, 0.2) is 24.3 Å². The number of thioether (sulfide) groups is 10. The summed E-state index contributed by atoms with van der Waals surface area (Å²) >= 11 is 19.2. The second kappa shape index (κ2) is 26.6. The minimum Gasteiger partial charge on any atom is -0.478 e. The van der Waals surface area contributed by atoms with Crippen LogP contribution in [0, 0.1) is 0 Å². The Labute approximate surface area is 327 Å². The van der Waals surface area contributed by atoms with E-state index < -0.39 is 23.9 Å². The first-order valence-electron chi connectivity index (χ1n) is 15.5. The molecule has 0 saturated carbocycles. The third kappa shape index (κ3) is 20.8. The van der Waals surface area contributed by atoms with E-state index in [1.807, 2.05) is 70.6 Å². The lowest BCUT2D eigenvalue weighted by Gasteiger charge is -2.28. The van der Waals surface area contributed by atoms with Crippen molar-refractivity contribution < 1.29 is 38.9 Å². The standard InChI is InChI=1S/C30H44O8S10/c31-25(32)1-3-27(35)37-21(13-39-7-5-29-43-9-10-44-29)15-41-17-23-19-48-24(20-47-23)18-42-16-22(38-28(36)4-2-26(33)34)14-40-8-6-30-45-11-12-46-30/h1-4,21-24,29-30H,5-20H2,(H,31,32)(H,33,34)/b3-1+,4-2+. The van der Waals surface area contributed by atoms with E-state index in [2.05, 4.69) is 0 Å². The Morgan fingerprint density at radius 2 is 0.958 bits per heavy atom. The first-order chi connectivity index (χ1) is 23.3. The second-order valence-corrected chi connectivity index (χ2v) is 23.5. The molecular formula is C30H44O8S10. The zero-order valence-electron chi connectivity index (χ0n) is 26.5. The fourth-order valence-corrected chi connectivity index (χ4v) is 18.9. The van der Waals surface area contributed by atoms with Gasteiger partial charge < -0.3 is 19.7 Å². The van der Waals surface area contributed by atoms with Gasteiger partial charge in [0.05, 0.1) is 9.16 Å². The molecule has 4 unspecified atom stereocenters. The summed E-state index contributed by atoms with van der Waals surface area (Å²) < 4.78 is 12.6. The van der Waals surface area contributed by atoms with Gasteiger partial charge in [0.1, 0.15) is 12.2 Å². The zero-order valence-corrected chi connectivity index (χ0v) is 34.7. The lowest BCUT2D eigenvalue weighted by Crippen LogP contribution is -2.28. The maximum absolute atomic E-state index is 12.2. The lowest BCUT2D eigenvalue weighted by atomic mass is 10.4. The average Bonchev–Trinajstić information content (AvgIpc) is 3.78. The summed E-state index contributed by atoms with van der Waals surface area (Å²) in [6.07, 6.45) is 5.36. The molecule has 0 amide bonds. The van der Waals surface area contributed by atoms with E-state index in [1.165, 1.54) is 23.0 Å². The molecule has 3 aliphatic heterocycles. The van der Waals surface area contributed by atoms with E-state index in [-0.39, 0.29) is 12.2 Å². The predicted molar refractivity (Wildman–Crippen MR) is 222 cm³/mol. The Kier molecular flexibility index (Phi) is 24.0. The van der Waals surface area contributed by atoms with E-state index in [4.69, 9.17) is 19.7 Å². The minimum absolute atomic E-state index is 0.263. The molecular weight excluding hydrogens is 809 g/mol. The van der Waals surface area contributed by atoms with Crippen molar-refractivity contribution in [1.29, 1.82) is 0 Å². The van der Waals surface area contributed by atoms with Crippen LogP contribution in [0.25, 0.3) is 0 Å². The van der Waals surface area contributed by atoms with E-state index in [0.29, 0.717) is 42.7 Å². The normalized spacial score (nSPS) is 21.9. The van der Waals surface area contributed by atoms with Gasteiger partial charge >= 0.3 is 23.9 Å². The minimum atomic E-state index is -1.17. The van der Waals surface area contributed by atoms with Crippen LogP contribution in [0.4, 0.5) is 0 Å². The molecule has 0 aliphatic carbocycles. The number of aliphatic carboxylic acids is 2. The van der Waals surface area contributed by atoms with Gasteiger partial charge in [-0.15, -0.1) is 47.0 Å². The molecule has 0 radical (unpaired) electrons. The topological polar surface area (TPSA) is 127 Å². The number of carboxylic acid groups (broad SMARTS) is 2. The molecule has 3 saturated heterocycles. The van der Waals surface area contributed by atoms with Crippen molar-refractivity contribution in [3.05, 3.63) is 24.3 Å². The molecule has 0 aromatic rings. The molecule has 0 aromatic heterocycles. The molecule has 0 aromatic carbocycles. The molecule has 4 atom stereocenters. The summed E-state index contributed by atoms with van der Waals surface area (Å²) in [4.78, 5) is 46.0. The molecule has 0 spiro atoms. The Balaban J connectivity index is 1.33. The molecule has 18 heteroatoms. The summed E-state index contributed by atoms with van der Waals surface area (Å²) in [5.41, 5.74) is 0. The van der Waals surface area contributed by atoms with Crippen molar-refractivity contribution in [3.63, 3.8) is 0 Å². The molecule has 3 rings (SSSR count). The molecule has 3 heterocycles. The smallest absolute Gasteiger partial charge is 0.331 e. The van der Waals surface area contributed by atoms with Gasteiger partial charge in [-0.2, -0.15) is 70.6 Å². The van der Waals surface area contributed by atoms with E-state index in [0.717, 1.165) is 71.7 Å². The largest absolute Gasteiger partial charge is 0.478 e. The molecule has 3 aliphatic rings. The molecule has 2 N–H and O–H groups in total. The number of carbonyl (C=O) groups is 4. The van der Waals surface area contributed by atoms with Crippen LogP contribution >= 0.6 is 118 Å². The highest BCUT2D eigenvalue weighted by Crippen LogP contribution is 2.37. The zero-order chi connectivity index (χ0) is 34.4. The van der Waals surface area contributed by atoms with E-state index >= 15 is 0 Å². The molecule has 272 valence electrons. The van der Waals surface area contributed by atoms with Gasteiger partial charge in [0.2, 0.25) is 0 Å². The Morgan fingerprint density at radius 3 is 1.31 bits per heavy atom. The third-order valence-electron chi connectivity index (χ3n) is 6.53. The lowest BCUT2D eigenvalue weighted by molar-refractivity contribution is -0.142.